The molecule has 0 radical (unpaired) electrons. The van der Waals surface area contributed by atoms with Gasteiger partial charge < -0.3 is 20.1 Å². The first-order valence-corrected chi connectivity index (χ1v) is 12.8. The van der Waals surface area contributed by atoms with Crippen molar-refractivity contribution in [2.45, 2.75) is 110 Å². The zero-order valence-corrected chi connectivity index (χ0v) is 22.1. The van der Waals surface area contributed by atoms with Crippen LogP contribution in [-0.2, 0) is 28.7 Å². The normalized spacial score (nSPS) is 21.5. The predicted molar refractivity (Wildman–Crippen MR) is 130 cm³/mol. The van der Waals surface area contributed by atoms with E-state index in [0.717, 1.165) is 37.4 Å². The first-order chi connectivity index (χ1) is 15.2. The Kier molecular flexibility index (Phi) is 11.9. The molecule has 0 aliphatic carbocycles. The minimum Gasteiger partial charge on any atom is -0.458 e. The van der Waals surface area contributed by atoms with Gasteiger partial charge >= 0.3 is 5.97 Å². The van der Waals surface area contributed by atoms with Crippen LogP contribution in [0.3, 0.4) is 0 Å². The summed E-state index contributed by atoms with van der Waals surface area (Å²) in [4.78, 5) is 50.1. The summed E-state index contributed by atoms with van der Waals surface area (Å²) >= 11 is 1.13. The molecule has 0 aromatic carbocycles. The van der Waals surface area contributed by atoms with Gasteiger partial charge in [-0.15, -0.1) is 0 Å². The second kappa shape index (κ2) is 13.3. The molecule has 1 saturated heterocycles. The Morgan fingerprint density at radius 3 is 2.18 bits per heavy atom. The lowest BCUT2D eigenvalue weighted by Gasteiger charge is -2.29. The minimum absolute atomic E-state index is 0.0340. The number of rotatable bonds is 7. The van der Waals surface area contributed by atoms with Gasteiger partial charge in [0.1, 0.15) is 11.6 Å². The van der Waals surface area contributed by atoms with Gasteiger partial charge in [0, 0.05) is 18.6 Å². The number of carbonyl (C=O) groups is 4. The van der Waals surface area contributed by atoms with Crippen molar-refractivity contribution in [1.82, 2.24) is 10.6 Å². The van der Waals surface area contributed by atoms with Gasteiger partial charge in [0.2, 0.25) is 11.8 Å². The van der Waals surface area contributed by atoms with Crippen molar-refractivity contribution in [2.24, 2.45) is 5.92 Å². The van der Waals surface area contributed by atoms with Gasteiger partial charge in [-0.2, -0.15) is 0 Å². The Hall–Kier alpha value is -1.61. The summed E-state index contributed by atoms with van der Waals surface area (Å²) in [5.41, 5.74) is -1.22. The Balaban J connectivity index is 2.94. The molecule has 0 aromatic heterocycles. The maximum absolute atomic E-state index is 13.1. The second-order valence-corrected chi connectivity index (χ2v) is 11.8. The number of carbonyl (C=O) groups excluding carboxylic acids is 4. The van der Waals surface area contributed by atoms with Crippen LogP contribution in [0.25, 0.3) is 0 Å². The van der Waals surface area contributed by atoms with E-state index >= 15 is 0 Å². The second-order valence-electron chi connectivity index (χ2n) is 10.6. The molecule has 33 heavy (non-hydrogen) atoms. The molecule has 0 aromatic rings. The standard InChI is InChI=1S/C24H42N2O6S/c1-16(27)33-15-17-12-10-8-9-11-13-18(25-20(17)28)21(29)26-19(14-31-23(2,3)4)22(30)32-24(5,6)7/h17-19H,8-15H2,1-7H3,(H,25,28)(H,26,29)/t17-,18-,19+/m1/s1. The molecule has 1 aliphatic heterocycles. The van der Waals surface area contributed by atoms with Crippen LogP contribution in [0.1, 0.15) is 87.0 Å². The van der Waals surface area contributed by atoms with E-state index in [1.165, 1.54) is 6.92 Å². The first-order valence-electron chi connectivity index (χ1n) is 11.8. The number of nitrogens with one attached hydrogen (secondary N) is 2. The topological polar surface area (TPSA) is 111 Å². The molecule has 1 aliphatic rings. The van der Waals surface area contributed by atoms with Crippen molar-refractivity contribution in [2.75, 3.05) is 12.4 Å². The molecular formula is C24H42N2O6S. The van der Waals surface area contributed by atoms with Gasteiger partial charge in [0.25, 0.3) is 0 Å². The van der Waals surface area contributed by atoms with E-state index in [1.807, 2.05) is 20.8 Å². The Morgan fingerprint density at radius 1 is 1.03 bits per heavy atom. The fraction of sp³-hybridized carbons (Fsp3) is 0.833. The molecule has 0 spiro atoms. The lowest BCUT2D eigenvalue weighted by molar-refractivity contribution is -0.162. The maximum atomic E-state index is 13.1. The first kappa shape index (κ1) is 29.4. The third-order valence-electron chi connectivity index (χ3n) is 4.98. The van der Waals surface area contributed by atoms with Crippen molar-refractivity contribution in [3.63, 3.8) is 0 Å². The van der Waals surface area contributed by atoms with Crippen LogP contribution in [0.4, 0.5) is 0 Å². The van der Waals surface area contributed by atoms with Crippen LogP contribution >= 0.6 is 11.8 Å². The lowest BCUT2D eigenvalue weighted by Crippen LogP contribution is -2.55. The number of amides is 2. The molecule has 8 nitrogen and oxygen atoms in total. The Morgan fingerprint density at radius 2 is 1.64 bits per heavy atom. The van der Waals surface area contributed by atoms with E-state index in [9.17, 15) is 19.2 Å². The lowest BCUT2D eigenvalue weighted by atomic mass is 9.97. The van der Waals surface area contributed by atoms with E-state index in [4.69, 9.17) is 9.47 Å². The molecule has 2 amide bonds. The van der Waals surface area contributed by atoms with Crippen molar-refractivity contribution >= 4 is 34.7 Å². The average molecular weight is 487 g/mol. The summed E-state index contributed by atoms with van der Waals surface area (Å²) in [6.07, 6.45) is 4.79. The van der Waals surface area contributed by atoms with E-state index in [0.29, 0.717) is 18.6 Å². The van der Waals surface area contributed by atoms with Gasteiger partial charge in [0.15, 0.2) is 11.2 Å². The molecule has 2 N–H and O–H groups in total. The van der Waals surface area contributed by atoms with Crippen LogP contribution in [0.15, 0.2) is 0 Å². The highest BCUT2D eigenvalue weighted by atomic mass is 32.2. The van der Waals surface area contributed by atoms with E-state index in [2.05, 4.69) is 10.6 Å². The monoisotopic (exact) mass is 486 g/mol. The molecule has 190 valence electrons. The molecule has 1 rings (SSSR count). The molecule has 0 bridgehead atoms. The van der Waals surface area contributed by atoms with Crippen molar-refractivity contribution in [3.05, 3.63) is 0 Å². The summed E-state index contributed by atoms with van der Waals surface area (Å²) in [5.74, 6) is -1.18. The van der Waals surface area contributed by atoms with E-state index in [1.54, 1.807) is 20.8 Å². The zero-order chi connectivity index (χ0) is 25.2. The average Bonchev–Trinajstić information content (AvgIpc) is 2.66. The van der Waals surface area contributed by atoms with Crippen molar-refractivity contribution in [1.29, 1.82) is 0 Å². The third-order valence-corrected chi connectivity index (χ3v) is 5.95. The summed E-state index contributed by atoms with van der Waals surface area (Å²) in [6.45, 7) is 12.3. The summed E-state index contributed by atoms with van der Waals surface area (Å²) in [5, 5.41) is 5.56. The third kappa shape index (κ3) is 13.0. The maximum Gasteiger partial charge on any atom is 0.331 e. The van der Waals surface area contributed by atoms with Gasteiger partial charge in [0.05, 0.1) is 12.2 Å². The van der Waals surface area contributed by atoms with Crippen LogP contribution in [0, 0.1) is 5.92 Å². The summed E-state index contributed by atoms with van der Waals surface area (Å²) < 4.78 is 11.2. The molecule has 9 heteroatoms. The smallest absolute Gasteiger partial charge is 0.331 e. The van der Waals surface area contributed by atoms with Crippen LogP contribution < -0.4 is 10.6 Å². The molecule has 3 atom stereocenters. The van der Waals surface area contributed by atoms with Crippen molar-refractivity contribution in [3.8, 4) is 0 Å². The summed E-state index contributed by atoms with van der Waals surface area (Å²) in [6, 6.07) is -1.76. The molecular weight excluding hydrogens is 444 g/mol. The summed E-state index contributed by atoms with van der Waals surface area (Å²) in [7, 11) is 0. The number of esters is 1. The van der Waals surface area contributed by atoms with E-state index in [-0.39, 0.29) is 23.5 Å². The molecule has 1 fully saturated rings. The number of ether oxygens (including phenoxy) is 2. The zero-order valence-electron chi connectivity index (χ0n) is 21.2. The van der Waals surface area contributed by atoms with Gasteiger partial charge in [-0.1, -0.05) is 37.4 Å². The van der Waals surface area contributed by atoms with Gasteiger partial charge in [-0.3, -0.25) is 14.4 Å². The molecule has 1 heterocycles. The quantitative estimate of drug-likeness (QED) is 0.531. The van der Waals surface area contributed by atoms with Crippen LogP contribution in [-0.4, -0.2) is 58.5 Å². The molecule has 0 saturated carbocycles. The highest BCUT2D eigenvalue weighted by Gasteiger charge is 2.32. The Bertz CT molecular complexity index is 683. The SMILES string of the molecule is CC(=O)SC[C@H]1CCCCCC[C@H](C(=O)N[C@@H](COC(C)(C)C)C(=O)OC(C)(C)C)NC1=O. The fourth-order valence-electron chi connectivity index (χ4n) is 3.31. The van der Waals surface area contributed by atoms with Crippen LogP contribution in [0.5, 0.6) is 0 Å². The van der Waals surface area contributed by atoms with Crippen molar-refractivity contribution < 1.29 is 28.7 Å². The number of hydrogen-bond acceptors (Lipinski definition) is 7. The number of thioether (sulfide) groups is 1. The van der Waals surface area contributed by atoms with E-state index < -0.39 is 35.2 Å². The highest BCUT2D eigenvalue weighted by molar-refractivity contribution is 8.13. The Labute approximate surface area is 202 Å². The molecule has 0 unspecified atom stereocenters. The number of hydrogen-bond donors (Lipinski definition) is 2. The minimum atomic E-state index is -0.993. The predicted octanol–water partition coefficient (Wildman–Crippen LogP) is 3.36. The fourth-order valence-corrected chi connectivity index (χ4v) is 4.06. The van der Waals surface area contributed by atoms with Gasteiger partial charge in [-0.25, -0.2) is 4.79 Å². The largest absolute Gasteiger partial charge is 0.458 e. The van der Waals surface area contributed by atoms with Crippen LogP contribution in [0.2, 0.25) is 0 Å². The van der Waals surface area contributed by atoms with Gasteiger partial charge in [-0.05, 0) is 54.4 Å². The highest BCUT2D eigenvalue weighted by Crippen LogP contribution is 2.20.